The summed E-state index contributed by atoms with van der Waals surface area (Å²) in [5.41, 5.74) is 2.04. The van der Waals surface area contributed by atoms with Crippen LogP contribution in [0.5, 0.6) is 0 Å². The van der Waals surface area contributed by atoms with Gasteiger partial charge in [0, 0.05) is 31.7 Å². The first kappa shape index (κ1) is 19.4. The molecule has 1 aliphatic heterocycles. The Morgan fingerprint density at radius 1 is 1.12 bits per heavy atom. The van der Waals surface area contributed by atoms with Crippen molar-refractivity contribution in [2.75, 3.05) is 18.5 Å². The molecule has 5 nitrogen and oxygen atoms in total. The number of ether oxygens (including phenoxy) is 1. The number of amides is 2. The molecule has 0 radical (unpaired) electrons. The predicted octanol–water partition coefficient (Wildman–Crippen LogP) is 3.46. The molecule has 138 valence electrons. The van der Waals surface area contributed by atoms with E-state index in [2.05, 4.69) is 24.5 Å². The third-order valence-corrected chi connectivity index (χ3v) is 4.48. The van der Waals surface area contributed by atoms with Crippen LogP contribution in [0.4, 0.5) is 5.69 Å². The van der Waals surface area contributed by atoms with Gasteiger partial charge in [-0.25, -0.2) is 0 Å². The zero-order chi connectivity index (χ0) is 18.2. The first-order valence-corrected chi connectivity index (χ1v) is 9.22. The van der Waals surface area contributed by atoms with Gasteiger partial charge < -0.3 is 15.4 Å². The SMILES string of the molecule is CC(CC(=O)NCC1CCCO1)CC(=O)Nc1ccc(C(C)C)cc1. The van der Waals surface area contributed by atoms with Crippen LogP contribution >= 0.6 is 0 Å². The highest BCUT2D eigenvalue weighted by atomic mass is 16.5. The van der Waals surface area contributed by atoms with Gasteiger partial charge in [0.25, 0.3) is 0 Å². The lowest BCUT2D eigenvalue weighted by Gasteiger charge is -2.14. The lowest BCUT2D eigenvalue weighted by Crippen LogP contribution is -2.33. The van der Waals surface area contributed by atoms with Gasteiger partial charge in [0.1, 0.15) is 0 Å². The molecule has 0 saturated carbocycles. The molecule has 1 aromatic carbocycles. The molecule has 0 aromatic heterocycles. The maximum atomic E-state index is 12.1. The van der Waals surface area contributed by atoms with E-state index in [1.165, 1.54) is 5.56 Å². The summed E-state index contributed by atoms with van der Waals surface area (Å²) < 4.78 is 5.48. The quantitative estimate of drug-likeness (QED) is 0.757. The summed E-state index contributed by atoms with van der Waals surface area (Å²) in [6.07, 6.45) is 2.91. The molecule has 1 saturated heterocycles. The van der Waals surface area contributed by atoms with Crippen LogP contribution in [0.2, 0.25) is 0 Å². The molecule has 2 unspecified atom stereocenters. The lowest BCUT2D eigenvalue weighted by atomic mass is 10.0. The van der Waals surface area contributed by atoms with E-state index in [1.54, 1.807) is 0 Å². The zero-order valence-electron chi connectivity index (χ0n) is 15.5. The van der Waals surface area contributed by atoms with Crippen molar-refractivity contribution < 1.29 is 14.3 Å². The average Bonchev–Trinajstić information content (AvgIpc) is 3.06. The van der Waals surface area contributed by atoms with E-state index in [-0.39, 0.29) is 23.8 Å². The number of benzene rings is 1. The van der Waals surface area contributed by atoms with Crippen LogP contribution in [0, 0.1) is 5.92 Å². The van der Waals surface area contributed by atoms with Gasteiger partial charge in [-0.15, -0.1) is 0 Å². The maximum absolute atomic E-state index is 12.1. The Kier molecular flexibility index (Phi) is 7.44. The minimum atomic E-state index is -0.0586. The van der Waals surface area contributed by atoms with Crippen LogP contribution in [0.25, 0.3) is 0 Å². The van der Waals surface area contributed by atoms with Gasteiger partial charge in [-0.2, -0.15) is 0 Å². The molecule has 2 amide bonds. The molecule has 1 fully saturated rings. The fourth-order valence-electron chi connectivity index (χ4n) is 2.97. The number of anilines is 1. The fraction of sp³-hybridized carbons (Fsp3) is 0.600. The molecule has 0 bridgehead atoms. The maximum Gasteiger partial charge on any atom is 0.224 e. The molecule has 1 aromatic rings. The molecule has 0 aliphatic carbocycles. The largest absolute Gasteiger partial charge is 0.376 e. The van der Waals surface area contributed by atoms with Crippen molar-refractivity contribution in [3.63, 3.8) is 0 Å². The molecular formula is C20H30N2O3. The van der Waals surface area contributed by atoms with Crippen molar-refractivity contribution in [1.29, 1.82) is 0 Å². The van der Waals surface area contributed by atoms with Crippen molar-refractivity contribution in [3.05, 3.63) is 29.8 Å². The Balaban J connectivity index is 1.68. The van der Waals surface area contributed by atoms with E-state index in [1.807, 2.05) is 31.2 Å². The Hall–Kier alpha value is -1.88. The van der Waals surface area contributed by atoms with E-state index >= 15 is 0 Å². The van der Waals surface area contributed by atoms with Gasteiger partial charge in [-0.3, -0.25) is 9.59 Å². The summed E-state index contributed by atoms with van der Waals surface area (Å²) in [5, 5.41) is 5.80. The highest BCUT2D eigenvalue weighted by Gasteiger charge is 2.18. The smallest absolute Gasteiger partial charge is 0.224 e. The van der Waals surface area contributed by atoms with Crippen molar-refractivity contribution >= 4 is 17.5 Å². The molecule has 1 heterocycles. The minimum absolute atomic E-state index is 0.000524. The standard InChI is InChI=1S/C20H30N2O3/c1-14(2)16-6-8-17(9-7-16)22-20(24)12-15(3)11-19(23)21-13-18-5-4-10-25-18/h6-9,14-15,18H,4-5,10-13H2,1-3H3,(H,21,23)(H,22,24). The molecule has 5 heteroatoms. The van der Waals surface area contributed by atoms with E-state index in [9.17, 15) is 9.59 Å². The van der Waals surface area contributed by atoms with Crippen LogP contribution in [-0.2, 0) is 14.3 Å². The van der Waals surface area contributed by atoms with Gasteiger partial charge in [0.15, 0.2) is 0 Å². The second kappa shape index (κ2) is 9.56. The van der Waals surface area contributed by atoms with Crippen molar-refractivity contribution in [1.82, 2.24) is 5.32 Å². The van der Waals surface area contributed by atoms with E-state index < -0.39 is 0 Å². The van der Waals surface area contributed by atoms with Crippen molar-refractivity contribution in [3.8, 4) is 0 Å². The van der Waals surface area contributed by atoms with Crippen LogP contribution < -0.4 is 10.6 Å². The Morgan fingerprint density at radius 3 is 2.40 bits per heavy atom. The number of hydrogen-bond acceptors (Lipinski definition) is 3. The van der Waals surface area contributed by atoms with Crippen LogP contribution in [-0.4, -0.2) is 31.1 Å². The third-order valence-electron chi connectivity index (χ3n) is 4.48. The lowest BCUT2D eigenvalue weighted by molar-refractivity contribution is -0.122. The molecule has 25 heavy (non-hydrogen) atoms. The molecule has 1 aliphatic rings. The minimum Gasteiger partial charge on any atom is -0.376 e. The number of carbonyl (C=O) groups is 2. The van der Waals surface area contributed by atoms with Gasteiger partial charge in [-0.05, 0) is 42.4 Å². The third kappa shape index (κ3) is 6.86. The van der Waals surface area contributed by atoms with E-state index in [0.717, 1.165) is 25.1 Å². The highest BCUT2D eigenvalue weighted by molar-refractivity contribution is 5.91. The normalized spacial score (nSPS) is 18.2. The Labute approximate surface area is 150 Å². The Bertz CT molecular complexity index is 563. The molecular weight excluding hydrogens is 316 g/mol. The number of rotatable bonds is 8. The topological polar surface area (TPSA) is 67.4 Å². The van der Waals surface area contributed by atoms with Crippen molar-refractivity contribution in [2.24, 2.45) is 5.92 Å². The van der Waals surface area contributed by atoms with E-state index in [4.69, 9.17) is 4.74 Å². The predicted molar refractivity (Wildman–Crippen MR) is 99.5 cm³/mol. The summed E-state index contributed by atoms with van der Waals surface area (Å²) in [7, 11) is 0. The summed E-state index contributed by atoms with van der Waals surface area (Å²) in [4.78, 5) is 24.1. The monoisotopic (exact) mass is 346 g/mol. The summed E-state index contributed by atoms with van der Waals surface area (Å²) >= 11 is 0. The second-order valence-electron chi connectivity index (χ2n) is 7.28. The summed E-state index contributed by atoms with van der Waals surface area (Å²) in [6, 6.07) is 7.91. The highest BCUT2D eigenvalue weighted by Crippen LogP contribution is 2.18. The molecule has 2 atom stereocenters. The number of carbonyl (C=O) groups excluding carboxylic acids is 2. The second-order valence-corrected chi connectivity index (χ2v) is 7.28. The number of hydrogen-bond donors (Lipinski definition) is 2. The summed E-state index contributed by atoms with van der Waals surface area (Å²) in [5.74, 6) is 0.395. The molecule has 2 rings (SSSR count). The first-order chi connectivity index (χ1) is 11.9. The molecule has 0 spiro atoms. The first-order valence-electron chi connectivity index (χ1n) is 9.22. The average molecular weight is 346 g/mol. The van der Waals surface area contributed by atoms with Crippen LogP contribution in [0.3, 0.4) is 0 Å². The number of nitrogens with one attached hydrogen (secondary N) is 2. The van der Waals surface area contributed by atoms with Gasteiger partial charge >= 0.3 is 0 Å². The van der Waals surface area contributed by atoms with Gasteiger partial charge in [-0.1, -0.05) is 32.9 Å². The van der Waals surface area contributed by atoms with E-state index in [0.29, 0.717) is 25.3 Å². The van der Waals surface area contributed by atoms with Crippen molar-refractivity contribution in [2.45, 2.75) is 58.5 Å². The molecule has 2 N–H and O–H groups in total. The summed E-state index contributed by atoms with van der Waals surface area (Å²) in [6.45, 7) is 7.56. The zero-order valence-corrected chi connectivity index (χ0v) is 15.5. The fourth-order valence-corrected chi connectivity index (χ4v) is 2.97. The van der Waals surface area contributed by atoms with Gasteiger partial charge in [0.05, 0.1) is 6.10 Å². The Morgan fingerprint density at radius 2 is 1.80 bits per heavy atom. The van der Waals surface area contributed by atoms with Crippen LogP contribution in [0.1, 0.15) is 57.9 Å². The van der Waals surface area contributed by atoms with Gasteiger partial charge in [0.2, 0.25) is 11.8 Å². The van der Waals surface area contributed by atoms with Crippen LogP contribution in [0.15, 0.2) is 24.3 Å².